The number of hydrogen-bond donors (Lipinski definition) is 3. The molecule has 3 N–H and O–H groups in total. The number of phosphoric acid groups is 2. The minimum Gasteiger partial charge on any atom is -0.462 e. The second kappa shape index (κ2) is 59.4. The van der Waals surface area contributed by atoms with E-state index in [-0.39, 0.29) is 25.7 Å². The van der Waals surface area contributed by atoms with Crippen molar-refractivity contribution in [3.05, 3.63) is 0 Å². The van der Waals surface area contributed by atoms with Crippen LogP contribution in [0.5, 0.6) is 0 Å². The molecule has 17 nitrogen and oxygen atoms in total. The Bertz CT molecular complexity index is 1680. The van der Waals surface area contributed by atoms with Gasteiger partial charge in [0.05, 0.1) is 26.4 Å². The van der Waals surface area contributed by atoms with E-state index in [1.54, 1.807) is 0 Å². The summed E-state index contributed by atoms with van der Waals surface area (Å²) in [4.78, 5) is 72.4. The van der Waals surface area contributed by atoms with Gasteiger partial charge in [0, 0.05) is 25.7 Å². The van der Waals surface area contributed by atoms with Crippen LogP contribution in [0.15, 0.2) is 0 Å². The minimum atomic E-state index is -4.95. The number of carbonyl (C=O) groups is 4. The topological polar surface area (TPSA) is 237 Å². The van der Waals surface area contributed by atoms with Gasteiger partial charge in [0.25, 0.3) is 0 Å². The Balaban J connectivity index is 5.25. The first-order valence-corrected chi connectivity index (χ1v) is 38.0. The smallest absolute Gasteiger partial charge is 0.462 e. The fourth-order valence-electron chi connectivity index (χ4n) is 10.1. The third-order valence-electron chi connectivity index (χ3n) is 15.5. The van der Waals surface area contributed by atoms with Gasteiger partial charge in [-0.25, -0.2) is 9.13 Å². The predicted molar refractivity (Wildman–Crippen MR) is 345 cm³/mol. The van der Waals surface area contributed by atoms with Crippen LogP contribution >= 0.6 is 15.6 Å². The number of hydrogen-bond acceptors (Lipinski definition) is 15. The molecule has 5 atom stereocenters. The lowest BCUT2D eigenvalue weighted by Crippen LogP contribution is -2.30. The molecule has 2 unspecified atom stereocenters. The summed E-state index contributed by atoms with van der Waals surface area (Å²) in [7, 11) is -9.89. The molecule has 0 heterocycles. The Hall–Kier alpha value is -1.94. The molecule has 0 aromatic heterocycles. The number of aliphatic hydroxyl groups excluding tert-OH is 1. The number of carbonyl (C=O) groups excluding carboxylic acids is 4. The molecule has 0 bridgehead atoms. The molecule has 0 amide bonds. The van der Waals surface area contributed by atoms with Gasteiger partial charge < -0.3 is 33.8 Å². The lowest BCUT2D eigenvalue weighted by molar-refractivity contribution is -0.161. The Morgan fingerprint density at radius 3 is 0.791 bits per heavy atom. The average molecular weight is 1270 g/mol. The van der Waals surface area contributed by atoms with Crippen LogP contribution < -0.4 is 0 Å². The zero-order valence-corrected chi connectivity index (χ0v) is 57.4. The number of ether oxygens (including phenoxy) is 4. The number of esters is 4. The van der Waals surface area contributed by atoms with Gasteiger partial charge in [-0.15, -0.1) is 0 Å². The van der Waals surface area contributed by atoms with Crippen LogP contribution in [0.25, 0.3) is 0 Å². The largest absolute Gasteiger partial charge is 0.472 e. The highest BCUT2D eigenvalue weighted by atomic mass is 31.2. The molecule has 0 aromatic carbocycles. The van der Waals surface area contributed by atoms with E-state index in [4.69, 9.17) is 37.0 Å². The molecule has 0 rings (SSSR count). The number of aliphatic hydroxyl groups is 1. The van der Waals surface area contributed by atoms with Crippen LogP contribution in [0.1, 0.15) is 337 Å². The highest BCUT2D eigenvalue weighted by Gasteiger charge is 2.30. The van der Waals surface area contributed by atoms with E-state index in [0.717, 1.165) is 102 Å². The van der Waals surface area contributed by atoms with Crippen molar-refractivity contribution >= 4 is 39.5 Å². The SMILES string of the molecule is CCCCCCCCCCCCCCC(=O)OC[C@H](COP(=O)(O)OC[C@@H](O)COP(=O)(O)OC[C@@H](COC(=O)CCCCCCCCC(C)C)OC(=O)CCCCCCCCCCCCCC)OC(=O)CCCCCCCCCCCCC(C)C. The van der Waals surface area contributed by atoms with E-state index in [1.165, 1.54) is 148 Å². The third-order valence-corrected chi connectivity index (χ3v) is 17.4. The normalized spacial score (nSPS) is 14.2. The first-order chi connectivity index (χ1) is 41.4. The standard InChI is InChI=1S/C67H130O17P2/c1-7-9-11-13-15-17-19-21-26-30-37-43-49-64(69)77-55-62(83-67(72)52-46-40-32-28-24-23-25-29-35-41-47-59(3)4)57-81-85(73,74)79-53-61(68)54-80-86(75,76)82-58-63(56-78-65(70)50-44-38-34-33-36-42-48-60(5)6)84-66(71)51-45-39-31-27-22-20-18-16-14-12-10-8-2/h59-63,68H,7-58H2,1-6H3,(H,73,74)(H,75,76)/t61-,62-,63-/m1/s1. The molecule has 0 aliphatic heterocycles. The molecule has 0 fully saturated rings. The molecule has 0 aromatic rings. The van der Waals surface area contributed by atoms with E-state index in [9.17, 15) is 43.2 Å². The monoisotopic (exact) mass is 1270 g/mol. The molecule has 0 saturated carbocycles. The second-order valence-corrected chi connectivity index (χ2v) is 28.1. The summed E-state index contributed by atoms with van der Waals surface area (Å²) in [5.41, 5.74) is 0. The number of unbranched alkanes of at least 4 members (excludes halogenated alkanes) is 36. The summed E-state index contributed by atoms with van der Waals surface area (Å²) in [6, 6.07) is 0. The summed E-state index contributed by atoms with van der Waals surface area (Å²) in [5.74, 6) is -0.697. The van der Waals surface area contributed by atoms with E-state index in [2.05, 4.69) is 41.5 Å². The lowest BCUT2D eigenvalue weighted by Gasteiger charge is -2.21. The summed E-state index contributed by atoms with van der Waals surface area (Å²) in [6.07, 6.45) is 43.1. The van der Waals surface area contributed by atoms with Crippen LogP contribution in [0, 0.1) is 11.8 Å². The Morgan fingerprint density at radius 1 is 0.314 bits per heavy atom. The molecule has 0 radical (unpaired) electrons. The highest BCUT2D eigenvalue weighted by molar-refractivity contribution is 7.47. The van der Waals surface area contributed by atoms with Crippen molar-refractivity contribution in [2.75, 3.05) is 39.6 Å². The van der Waals surface area contributed by atoms with Crippen molar-refractivity contribution in [2.45, 2.75) is 355 Å². The lowest BCUT2D eigenvalue weighted by atomic mass is 10.0. The first kappa shape index (κ1) is 84.1. The molecular formula is C67H130O17P2. The van der Waals surface area contributed by atoms with Crippen molar-refractivity contribution in [2.24, 2.45) is 11.8 Å². The second-order valence-electron chi connectivity index (χ2n) is 25.2. The molecule has 0 aliphatic rings. The zero-order chi connectivity index (χ0) is 63.6. The van der Waals surface area contributed by atoms with Crippen molar-refractivity contribution in [1.29, 1.82) is 0 Å². The van der Waals surface area contributed by atoms with Gasteiger partial charge in [-0.2, -0.15) is 0 Å². The molecule has 86 heavy (non-hydrogen) atoms. The third kappa shape index (κ3) is 60.9. The molecule has 0 spiro atoms. The Morgan fingerprint density at radius 2 is 0.535 bits per heavy atom. The van der Waals surface area contributed by atoms with Crippen LogP contribution in [-0.4, -0.2) is 96.7 Å². The van der Waals surface area contributed by atoms with Crippen molar-refractivity contribution < 1.29 is 80.2 Å². The minimum absolute atomic E-state index is 0.106. The fourth-order valence-corrected chi connectivity index (χ4v) is 11.6. The highest BCUT2D eigenvalue weighted by Crippen LogP contribution is 2.45. The van der Waals surface area contributed by atoms with Gasteiger partial charge in [-0.05, 0) is 37.5 Å². The van der Waals surface area contributed by atoms with Crippen LogP contribution in [0.2, 0.25) is 0 Å². The summed E-state index contributed by atoms with van der Waals surface area (Å²) < 4.78 is 68.1. The number of phosphoric ester groups is 2. The molecule has 0 saturated heterocycles. The van der Waals surface area contributed by atoms with E-state index in [0.29, 0.717) is 31.6 Å². The number of rotatable bonds is 66. The van der Waals surface area contributed by atoms with Crippen molar-refractivity contribution in [3.8, 4) is 0 Å². The van der Waals surface area contributed by atoms with Crippen LogP contribution in [0.3, 0.4) is 0 Å². The molecule has 19 heteroatoms. The van der Waals surface area contributed by atoms with Gasteiger partial charge >= 0.3 is 39.5 Å². The van der Waals surface area contributed by atoms with Gasteiger partial charge in [0.15, 0.2) is 12.2 Å². The van der Waals surface area contributed by atoms with Gasteiger partial charge in [-0.3, -0.25) is 37.3 Å². The van der Waals surface area contributed by atoms with Crippen molar-refractivity contribution in [3.63, 3.8) is 0 Å². The summed E-state index contributed by atoms with van der Waals surface area (Å²) >= 11 is 0. The zero-order valence-electron chi connectivity index (χ0n) is 55.6. The summed E-state index contributed by atoms with van der Waals surface area (Å²) in [6.45, 7) is 9.43. The molecule has 0 aliphatic carbocycles. The maximum Gasteiger partial charge on any atom is 0.472 e. The predicted octanol–water partition coefficient (Wildman–Crippen LogP) is 18.8. The molecule has 510 valence electrons. The Kier molecular flexibility index (Phi) is 58.0. The first-order valence-electron chi connectivity index (χ1n) is 35.0. The Labute approximate surface area is 524 Å². The average Bonchev–Trinajstić information content (AvgIpc) is 3.57. The van der Waals surface area contributed by atoms with E-state index in [1.807, 2.05) is 0 Å². The molecular weight excluding hydrogens is 1140 g/mol. The van der Waals surface area contributed by atoms with Crippen molar-refractivity contribution in [1.82, 2.24) is 0 Å². The summed E-state index contributed by atoms with van der Waals surface area (Å²) in [5, 5.41) is 10.6. The van der Waals surface area contributed by atoms with Gasteiger partial charge in [0.2, 0.25) is 0 Å². The van der Waals surface area contributed by atoms with Gasteiger partial charge in [0.1, 0.15) is 19.3 Å². The maximum atomic E-state index is 13.0. The van der Waals surface area contributed by atoms with E-state index >= 15 is 0 Å². The van der Waals surface area contributed by atoms with E-state index < -0.39 is 97.5 Å². The van der Waals surface area contributed by atoms with Crippen LogP contribution in [-0.2, 0) is 65.4 Å². The fraction of sp³-hybridized carbons (Fsp3) is 0.940. The quantitative estimate of drug-likeness (QED) is 0.0222. The van der Waals surface area contributed by atoms with Gasteiger partial charge in [-0.1, -0.05) is 286 Å². The van der Waals surface area contributed by atoms with Crippen LogP contribution in [0.4, 0.5) is 0 Å². The maximum absolute atomic E-state index is 13.0.